The Morgan fingerprint density at radius 1 is 0.133 bits per heavy atom. The highest BCUT2D eigenvalue weighted by Crippen LogP contribution is 2.50. The zero-order valence-corrected chi connectivity index (χ0v) is 55.2. The van der Waals surface area contributed by atoms with Crippen LogP contribution >= 0.6 is 22.7 Å². The summed E-state index contributed by atoms with van der Waals surface area (Å²) in [5.41, 5.74) is 20.1. The third-order valence-corrected chi connectivity index (χ3v) is 22.0. The van der Waals surface area contributed by atoms with Crippen molar-refractivity contribution in [2.45, 2.75) is 0 Å². The Hall–Kier alpha value is -12.0. The second-order valence-corrected chi connectivity index (χ2v) is 27.4. The Labute approximate surface area is 578 Å². The molecule has 0 amide bonds. The van der Waals surface area contributed by atoms with Crippen molar-refractivity contribution in [1.82, 2.24) is 0 Å². The first-order valence-corrected chi connectivity index (χ1v) is 35.2. The van der Waals surface area contributed by atoms with Gasteiger partial charge in [0.05, 0.1) is 0 Å². The van der Waals surface area contributed by atoms with Gasteiger partial charge in [-0.3, -0.25) is 0 Å². The zero-order valence-electron chi connectivity index (χ0n) is 53.6. The van der Waals surface area contributed by atoms with Crippen molar-refractivity contribution in [3.8, 4) is 109 Å². The maximum absolute atomic E-state index is 2.38. The monoisotopic (exact) mass is 1280 g/mol. The minimum Gasteiger partial charge on any atom is -0.135 e. The average molecular weight is 1280 g/mol. The lowest BCUT2D eigenvalue weighted by molar-refractivity contribution is 1.64. The summed E-state index contributed by atoms with van der Waals surface area (Å²) in [4.78, 5) is 5.13. The average Bonchev–Trinajstić information content (AvgIpc) is 0.817. The molecule has 0 atom stereocenters. The van der Waals surface area contributed by atoms with Gasteiger partial charge < -0.3 is 0 Å². The summed E-state index contributed by atoms with van der Waals surface area (Å²) in [6.45, 7) is 0. The lowest BCUT2D eigenvalue weighted by atomic mass is 9.83. The Balaban J connectivity index is 0.000000143. The van der Waals surface area contributed by atoms with Crippen LogP contribution < -0.4 is 0 Å². The van der Waals surface area contributed by atoms with E-state index in [1.807, 2.05) is 22.7 Å². The Morgan fingerprint density at radius 2 is 0.408 bits per heavy atom. The predicted molar refractivity (Wildman–Crippen MR) is 426 cm³/mol. The minimum absolute atomic E-state index is 1.23. The first-order chi connectivity index (χ1) is 48.6. The molecule has 0 bridgehead atoms. The fourth-order valence-electron chi connectivity index (χ4n) is 15.1. The van der Waals surface area contributed by atoms with Gasteiger partial charge in [0.2, 0.25) is 0 Å². The van der Waals surface area contributed by atoms with E-state index in [2.05, 4.69) is 376 Å². The molecule has 0 N–H and O–H groups in total. The van der Waals surface area contributed by atoms with Crippen LogP contribution in [0.2, 0.25) is 0 Å². The van der Waals surface area contributed by atoms with Crippen molar-refractivity contribution in [3.05, 3.63) is 376 Å². The van der Waals surface area contributed by atoms with Gasteiger partial charge in [-0.15, -0.1) is 22.7 Å². The quantitative estimate of drug-likeness (QED) is 0.120. The molecule has 0 nitrogen and oxygen atoms in total. The van der Waals surface area contributed by atoms with Crippen LogP contribution in [0.5, 0.6) is 0 Å². The van der Waals surface area contributed by atoms with E-state index < -0.39 is 0 Å². The van der Waals surface area contributed by atoms with Gasteiger partial charge in [-0.25, -0.2) is 0 Å². The molecule has 17 aromatic carbocycles. The van der Waals surface area contributed by atoms with E-state index in [-0.39, 0.29) is 0 Å². The van der Waals surface area contributed by atoms with E-state index in [0.717, 1.165) is 0 Å². The van der Waals surface area contributed by atoms with Gasteiger partial charge in [-0.05, 0) is 207 Å². The number of hydrogen-bond acceptors (Lipinski definition) is 2. The van der Waals surface area contributed by atoms with Crippen LogP contribution in [0.25, 0.3) is 184 Å². The highest BCUT2D eigenvalue weighted by Gasteiger charge is 2.22. The van der Waals surface area contributed by atoms with Crippen molar-refractivity contribution in [1.29, 1.82) is 0 Å². The van der Waals surface area contributed by atoms with Gasteiger partial charge in [0.25, 0.3) is 0 Å². The first kappa shape index (κ1) is 58.5. The highest BCUT2D eigenvalue weighted by atomic mass is 32.1. The van der Waals surface area contributed by atoms with E-state index >= 15 is 0 Å². The largest absolute Gasteiger partial charge is 0.135 e. The molecule has 19 aromatic rings. The SMILES string of the molecule is c1ccc(-c2ccc(-c3cccc(-c4c5ccccc5c(-c5ccc(-c6ccc7ccccc7c6)c6ccccc56)c5ccccc45)c3)s2)cc1.c1ccc(-c2ccc(-c3cccc(-c4c5ccccc5c(-c5ccc(-c6ccccc6)c6ccccc56)c5ccccc45)c3)s2)cc1. The molecule has 0 fully saturated rings. The predicted octanol–water partition coefficient (Wildman–Crippen LogP) is 28.2. The molecular formula is C96H62S2. The molecule has 98 heavy (non-hydrogen) atoms. The molecule has 2 aromatic heterocycles. The topological polar surface area (TPSA) is 0 Å². The molecule has 0 unspecified atom stereocenters. The summed E-state index contributed by atoms with van der Waals surface area (Å²) in [7, 11) is 0. The molecule has 0 aliphatic heterocycles. The summed E-state index contributed by atoms with van der Waals surface area (Å²) < 4.78 is 0. The number of hydrogen-bond donors (Lipinski definition) is 0. The van der Waals surface area contributed by atoms with Gasteiger partial charge >= 0.3 is 0 Å². The van der Waals surface area contributed by atoms with Crippen molar-refractivity contribution in [3.63, 3.8) is 0 Å². The highest BCUT2D eigenvalue weighted by molar-refractivity contribution is 7.19. The van der Waals surface area contributed by atoms with Crippen LogP contribution in [0, 0.1) is 0 Å². The molecule has 0 saturated carbocycles. The molecule has 2 heteroatoms. The van der Waals surface area contributed by atoms with E-state index in [9.17, 15) is 0 Å². The third kappa shape index (κ3) is 10.6. The molecule has 0 aliphatic carbocycles. The Kier molecular flexibility index (Phi) is 15.1. The molecule has 19 rings (SSSR count). The van der Waals surface area contributed by atoms with Crippen molar-refractivity contribution in [2.75, 3.05) is 0 Å². The summed E-state index contributed by atoms with van der Waals surface area (Å²) in [6, 6.07) is 138. The maximum atomic E-state index is 2.38. The smallest absolute Gasteiger partial charge is 0.0349 e. The first-order valence-electron chi connectivity index (χ1n) is 33.6. The molecule has 458 valence electrons. The summed E-state index contributed by atoms with van der Waals surface area (Å²) in [6.07, 6.45) is 0. The van der Waals surface area contributed by atoms with Crippen LogP contribution in [0.4, 0.5) is 0 Å². The van der Waals surface area contributed by atoms with Crippen molar-refractivity contribution in [2.24, 2.45) is 0 Å². The summed E-state index contributed by atoms with van der Waals surface area (Å²) in [5, 5.41) is 17.7. The minimum atomic E-state index is 1.23. The van der Waals surface area contributed by atoms with Crippen LogP contribution in [0.1, 0.15) is 0 Å². The van der Waals surface area contributed by atoms with Gasteiger partial charge in [-0.1, -0.05) is 334 Å². The van der Waals surface area contributed by atoms with Crippen LogP contribution in [-0.4, -0.2) is 0 Å². The van der Waals surface area contributed by atoms with E-state index in [1.165, 1.54) is 184 Å². The second kappa shape index (κ2) is 25.3. The summed E-state index contributed by atoms with van der Waals surface area (Å²) in [5.74, 6) is 0. The molecule has 0 aliphatic rings. The molecule has 0 spiro atoms. The number of rotatable bonds is 10. The lowest BCUT2D eigenvalue weighted by Gasteiger charge is -2.20. The maximum Gasteiger partial charge on any atom is 0.0349 e. The van der Waals surface area contributed by atoms with Crippen LogP contribution in [-0.2, 0) is 0 Å². The van der Waals surface area contributed by atoms with Gasteiger partial charge in [0, 0.05) is 19.5 Å². The normalized spacial score (nSPS) is 11.5. The Morgan fingerprint density at radius 3 is 0.806 bits per heavy atom. The molecule has 0 radical (unpaired) electrons. The number of fused-ring (bicyclic) bond motifs is 7. The van der Waals surface area contributed by atoms with Gasteiger partial charge in [-0.2, -0.15) is 0 Å². The molecule has 2 heterocycles. The van der Waals surface area contributed by atoms with Crippen LogP contribution in [0.15, 0.2) is 376 Å². The van der Waals surface area contributed by atoms with Crippen molar-refractivity contribution >= 4 is 98.1 Å². The standard InChI is InChI=1S/C50H32S.C46H30S/c1-2-14-34(15-3-1)47-29-30-48(51-47)37-17-12-18-38(32-37)49-42-21-8-10-23-44(42)50(45-24-11-9-22-43(45)49)46-28-27-39(40-19-6-7-20-41(40)46)36-26-25-33-13-4-5-16-35(33)31-36;1-3-14-31(15-4-1)35-26-27-42(37-21-8-7-20-36(35)37)46-40-24-11-9-22-38(40)45(39-23-10-12-25-41(39)46)34-19-13-18-33(30-34)44-29-28-43(47-44)32-16-5-2-6-17-32/h1-32H;1-30H. The fourth-order valence-corrected chi connectivity index (χ4v) is 17.1. The zero-order chi connectivity index (χ0) is 64.9. The fraction of sp³-hybridized carbons (Fsp3) is 0. The van der Waals surface area contributed by atoms with E-state index in [0.29, 0.717) is 0 Å². The number of benzene rings is 17. The van der Waals surface area contributed by atoms with E-state index in [4.69, 9.17) is 0 Å². The van der Waals surface area contributed by atoms with Gasteiger partial charge in [0.15, 0.2) is 0 Å². The second-order valence-electron chi connectivity index (χ2n) is 25.2. The van der Waals surface area contributed by atoms with E-state index in [1.54, 1.807) is 0 Å². The van der Waals surface area contributed by atoms with Crippen molar-refractivity contribution < 1.29 is 0 Å². The molecular weight excluding hydrogens is 1220 g/mol. The molecule has 0 saturated heterocycles. The van der Waals surface area contributed by atoms with Gasteiger partial charge in [0.1, 0.15) is 0 Å². The lowest BCUT2D eigenvalue weighted by Crippen LogP contribution is -1.92. The Bertz CT molecular complexity index is 6120. The van der Waals surface area contributed by atoms with Crippen LogP contribution in [0.3, 0.4) is 0 Å². The summed E-state index contributed by atoms with van der Waals surface area (Å²) >= 11 is 3.70. The number of thiophene rings is 2. The third-order valence-electron chi connectivity index (χ3n) is 19.6.